The summed E-state index contributed by atoms with van der Waals surface area (Å²) in [5.41, 5.74) is 1.12. The van der Waals surface area contributed by atoms with E-state index >= 15 is 0 Å². The molecule has 1 atom stereocenters. The zero-order chi connectivity index (χ0) is 18.6. The Morgan fingerprint density at radius 2 is 1.70 bits per heavy atom. The Balaban J connectivity index is 1.24. The van der Waals surface area contributed by atoms with E-state index in [1.807, 2.05) is 22.1 Å². The van der Waals surface area contributed by atoms with E-state index in [0.717, 1.165) is 57.5 Å². The molecule has 2 amide bonds. The fraction of sp³-hybridized carbons (Fsp3) is 0.650. The summed E-state index contributed by atoms with van der Waals surface area (Å²) in [5.74, 6) is 0.414. The molecule has 1 aromatic heterocycles. The highest BCUT2D eigenvalue weighted by Crippen LogP contribution is 2.24. The highest BCUT2D eigenvalue weighted by molar-refractivity contribution is 5.82. The van der Waals surface area contributed by atoms with Crippen LogP contribution >= 0.6 is 0 Å². The number of carbonyl (C=O) groups excluding carboxylic acids is 2. The number of anilines is 1. The van der Waals surface area contributed by atoms with Crippen LogP contribution < -0.4 is 4.90 Å². The van der Waals surface area contributed by atoms with Crippen LogP contribution in [0, 0.1) is 5.92 Å². The normalized spacial score (nSPS) is 24.3. The van der Waals surface area contributed by atoms with Crippen LogP contribution in [0.4, 0.5) is 5.69 Å². The Bertz CT molecular complexity index is 646. The summed E-state index contributed by atoms with van der Waals surface area (Å²) in [6.45, 7) is 5.22. The van der Waals surface area contributed by atoms with Gasteiger partial charge in [-0.15, -0.1) is 0 Å². The van der Waals surface area contributed by atoms with Crippen molar-refractivity contribution in [2.45, 2.75) is 31.8 Å². The largest absolute Gasteiger partial charge is 0.368 e. The standard InChI is InChI=1S/C20H28N4O3/c25-19(24-12-10-22(11-13-24)17-3-1-7-21-15-17)16-5-8-23(9-6-16)20(26)18-4-2-14-27-18/h1,3,7,15-16,18H,2,4-6,8-14H2/t18-/m1/s1. The van der Waals surface area contributed by atoms with Gasteiger partial charge in [0.15, 0.2) is 0 Å². The minimum absolute atomic E-state index is 0.0449. The van der Waals surface area contributed by atoms with Crippen molar-refractivity contribution in [2.75, 3.05) is 50.8 Å². The number of carbonyl (C=O) groups is 2. The molecule has 4 rings (SSSR count). The lowest BCUT2D eigenvalue weighted by Gasteiger charge is -2.39. The van der Waals surface area contributed by atoms with Gasteiger partial charge in [0, 0.05) is 58.0 Å². The quantitative estimate of drug-likeness (QED) is 0.796. The molecule has 27 heavy (non-hydrogen) atoms. The highest BCUT2D eigenvalue weighted by Gasteiger charge is 2.34. The number of likely N-dealkylation sites (tertiary alicyclic amines) is 1. The van der Waals surface area contributed by atoms with Gasteiger partial charge in [0.25, 0.3) is 5.91 Å². The molecule has 7 nitrogen and oxygen atoms in total. The predicted molar refractivity (Wildman–Crippen MR) is 101 cm³/mol. The predicted octanol–water partition coefficient (Wildman–Crippen LogP) is 1.15. The number of piperidine rings is 1. The average molecular weight is 372 g/mol. The first kappa shape index (κ1) is 18.2. The Morgan fingerprint density at radius 3 is 2.33 bits per heavy atom. The number of rotatable bonds is 3. The number of hydrogen-bond donors (Lipinski definition) is 0. The Kier molecular flexibility index (Phi) is 5.57. The van der Waals surface area contributed by atoms with Crippen molar-refractivity contribution in [3.8, 4) is 0 Å². The van der Waals surface area contributed by atoms with Crippen molar-refractivity contribution in [3.63, 3.8) is 0 Å². The lowest BCUT2D eigenvalue weighted by molar-refractivity contribution is -0.146. The second-order valence-electron chi connectivity index (χ2n) is 7.62. The Hall–Kier alpha value is -2.15. The summed E-state index contributed by atoms with van der Waals surface area (Å²) in [5, 5.41) is 0. The maximum absolute atomic E-state index is 12.9. The van der Waals surface area contributed by atoms with Crippen LogP contribution in [0.15, 0.2) is 24.5 Å². The molecule has 0 spiro atoms. The number of ether oxygens (including phenoxy) is 1. The highest BCUT2D eigenvalue weighted by atomic mass is 16.5. The molecule has 7 heteroatoms. The molecule has 0 aromatic carbocycles. The molecule has 1 aromatic rings. The van der Waals surface area contributed by atoms with E-state index in [9.17, 15) is 9.59 Å². The number of nitrogens with zero attached hydrogens (tertiary/aromatic N) is 4. The van der Waals surface area contributed by atoms with Crippen LogP contribution in [0.1, 0.15) is 25.7 Å². The summed E-state index contributed by atoms with van der Waals surface area (Å²) < 4.78 is 5.51. The van der Waals surface area contributed by atoms with E-state index in [1.165, 1.54) is 0 Å². The molecule has 146 valence electrons. The minimum atomic E-state index is -0.252. The van der Waals surface area contributed by atoms with Crippen LogP contribution in [0.2, 0.25) is 0 Å². The minimum Gasteiger partial charge on any atom is -0.368 e. The molecule has 3 fully saturated rings. The molecule has 3 aliphatic rings. The van der Waals surface area contributed by atoms with Crippen molar-refractivity contribution in [1.82, 2.24) is 14.8 Å². The van der Waals surface area contributed by atoms with Crippen molar-refractivity contribution in [2.24, 2.45) is 5.92 Å². The lowest BCUT2D eigenvalue weighted by atomic mass is 9.94. The van der Waals surface area contributed by atoms with Crippen LogP contribution in [0.25, 0.3) is 0 Å². The number of piperazine rings is 1. The molecule has 0 saturated carbocycles. The third-order valence-electron chi connectivity index (χ3n) is 5.96. The van der Waals surface area contributed by atoms with E-state index < -0.39 is 0 Å². The second kappa shape index (κ2) is 8.25. The summed E-state index contributed by atoms with van der Waals surface area (Å²) in [7, 11) is 0. The number of pyridine rings is 1. The van der Waals surface area contributed by atoms with E-state index in [1.54, 1.807) is 6.20 Å². The van der Waals surface area contributed by atoms with Gasteiger partial charge < -0.3 is 19.4 Å². The first-order chi connectivity index (χ1) is 13.2. The fourth-order valence-corrected chi connectivity index (χ4v) is 4.31. The van der Waals surface area contributed by atoms with E-state index in [-0.39, 0.29) is 23.8 Å². The first-order valence-electron chi connectivity index (χ1n) is 10.1. The molecule has 0 radical (unpaired) electrons. The van der Waals surface area contributed by atoms with Crippen LogP contribution in [-0.4, -0.2) is 78.6 Å². The lowest BCUT2D eigenvalue weighted by Crippen LogP contribution is -2.52. The summed E-state index contributed by atoms with van der Waals surface area (Å²) in [4.78, 5) is 35.7. The Morgan fingerprint density at radius 1 is 0.963 bits per heavy atom. The van der Waals surface area contributed by atoms with Crippen molar-refractivity contribution in [3.05, 3.63) is 24.5 Å². The monoisotopic (exact) mass is 372 g/mol. The summed E-state index contributed by atoms with van der Waals surface area (Å²) in [6, 6.07) is 4.00. The van der Waals surface area contributed by atoms with Gasteiger partial charge in [-0.1, -0.05) is 0 Å². The smallest absolute Gasteiger partial charge is 0.251 e. The molecule has 0 N–H and O–H groups in total. The molecule has 0 aliphatic carbocycles. The van der Waals surface area contributed by atoms with Crippen LogP contribution in [0.3, 0.4) is 0 Å². The molecule has 3 aliphatic heterocycles. The van der Waals surface area contributed by atoms with Gasteiger partial charge in [-0.3, -0.25) is 14.6 Å². The van der Waals surface area contributed by atoms with Crippen molar-refractivity contribution >= 4 is 17.5 Å². The van der Waals surface area contributed by atoms with E-state index in [0.29, 0.717) is 19.7 Å². The van der Waals surface area contributed by atoms with Gasteiger partial charge >= 0.3 is 0 Å². The third kappa shape index (κ3) is 4.08. The number of amides is 2. The van der Waals surface area contributed by atoms with Gasteiger partial charge in [-0.05, 0) is 37.8 Å². The number of hydrogen-bond acceptors (Lipinski definition) is 5. The second-order valence-corrected chi connectivity index (χ2v) is 7.62. The van der Waals surface area contributed by atoms with E-state index in [4.69, 9.17) is 4.74 Å². The van der Waals surface area contributed by atoms with Gasteiger partial charge in [0.1, 0.15) is 6.10 Å². The first-order valence-corrected chi connectivity index (χ1v) is 10.1. The van der Waals surface area contributed by atoms with Gasteiger partial charge in [-0.25, -0.2) is 0 Å². The van der Waals surface area contributed by atoms with Crippen molar-refractivity contribution in [1.29, 1.82) is 0 Å². The van der Waals surface area contributed by atoms with Gasteiger partial charge in [-0.2, -0.15) is 0 Å². The zero-order valence-electron chi connectivity index (χ0n) is 15.8. The maximum atomic E-state index is 12.9. The third-order valence-corrected chi connectivity index (χ3v) is 5.96. The van der Waals surface area contributed by atoms with Gasteiger partial charge in [0.2, 0.25) is 5.91 Å². The van der Waals surface area contributed by atoms with Crippen LogP contribution in [-0.2, 0) is 14.3 Å². The molecule has 4 heterocycles. The van der Waals surface area contributed by atoms with Gasteiger partial charge in [0.05, 0.1) is 11.9 Å². The zero-order valence-corrected chi connectivity index (χ0v) is 15.8. The maximum Gasteiger partial charge on any atom is 0.251 e. The average Bonchev–Trinajstić information content (AvgIpc) is 3.28. The van der Waals surface area contributed by atoms with Crippen LogP contribution in [0.5, 0.6) is 0 Å². The molecule has 3 saturated heterocycles. The molecule has 0 bridgehead atoms. The molecular formula is C20H28N4O3. The van der Waals surface area contributed by atoms with E-state index in [2.05, 4.69) is 16.0 Å². The topological polar surface area (TPSA) is 66.0 Å². The SMILES string of the molecule is O=C(C1CCN(C(=O)[C@H]2CCCO2)CC1)N1CCN(c2cccnc2)CC1. The molecule has 0 unspecified atom stereocenters. The summed E-state index contributed by atoms with van der Waals surface area (Å²) >= 11 is 0. The Labute approximate surface area is 160 Å². The fourth-order valence-electron chi connectivity index (χ4n) is 4.31. The number of aromatic nitrogens is 1. The summed E-state index contributed by atoms with van der Waals surface area (Å²) in [6.07, 6.45) is 6.73. The van der Waals surface area contributed by atoms with Crippen molar-refractivity contribution < 1.29 is 14.3 Å². The molecular weight excluding hydrogens is 344 g/mol.